The molecule has 1 amide bonds. The van der Waals surface area contributed by atoms with Crippen molar-refractivity contribution in [2.75, 3.05) is 18.1 Å². The van der Waals surface area contributed by atoms with Gasteiger partial charge in [-0.1, -0.05) is 43.5 Å². The number of carboxylic acid groups (broad SMARTS) is 1. The molecular weight excluding hydrogens is 519 g/mol. The maximum Gasteiger partial charge on any atom is 0.308 e. The van der Waals surface area contributed by atoms with Gasteiger partial charge in [-0.3, -0.25) is 9.59 Å². The smallest absolute Gasteiger partial charge is 0.308 e. The van der Waals surface area contributed by atoms with Crippen LogP contribution in [-0.2, 0) is 16.1 Å². The number of amides is 1. The lowest BCUT2D eigenvalue weighted by Gasteiger charge is -2.29. The first-order valence-electron chi connectivity index (χ1n) is 11.3. The topological polar surface area (TPSA) is 78.9 Å². The van der Waals surface area contributed by atoms with Gasteiger partial charge in [0.15, 0.2) is 0 Å². The van der Waals surface area contributed by atoms with E-state index in [1.165, 1.54) is 6.42 Å². The number of halogens is 1. The predicted molar refractivity (Wildman–Crippen MR) is 132 cm³/mol. The molecule has 2 atom stereocenters. The molecule has 0 radical (unpaired) electrons. The monoisotopic (exact) mass is 548 g/mol. The van der Waals surface area contributed by atoms with E-state index in [2.05, 4.69) is 27.9 Å². The van der Waals surface area contributed by atoms with Crippen LogP contribution in [-0.4, -0.2) is 36.2 Å². The van der Waals surface area contributed by atoms with Crippen molar-refractivity contribution in [1.29, 1.82) is 0 Å². The van der Waals surface area contributed by atoms with Crippen LogP contribution in [0, 0.1) is 15.4 Å². The number of nitrogens with zero attached hydrogens (tertiary/aromatic N) is 1. The molecule has 2 aromatic rings. The Morgan fingerprint density at radius 3 is 2.56 bits per heavy atom. The summed E-state index contributed by atoms with van der Waals surface area (Å²) < 4.78 is 7.12. The minimum Gasteiger partial charge on any atom is -0.489 e. The number of aliphatic carboxylic acids is 1. The normalized spacial score (nSPS) is 20.2. The zero-order valence-corrected chi connectivity index (χ0v) is 20.2. The third kappa shape index (κ3) is 5.43. The number of carbonyl (C=O) groups is 2. The number of anilines is 1. The maximum absolute atomic E-state index is 13.6. The van der Waals surface area contributed by atoms with E-state index < -0.39 is 17.9 Å². The number of carboxylic acids is 1. The molecule has 2 aliphatic rings. The van der Waals surface area contributed by atoms with Crippen molar-refractivity contribution in [3.8, 4) is 5.75 Å². The second-order valence-electron chi connectivity index (χ2n) is 8.63. The van der Waals surface area contributed by atoms with Gasteiger partial charge in [0.2, 0.25) is 5.91 Å². The van der Waals surface area contributed by atoms with Gasteiger partial charge in [-0.15, -0.1) is 0 Å². The molecule has 0 bridgehead atoms. The molecule has 1 saturated carbocycles. The van der Waals surface area contributed by atoms with Crippen LogP contribution in [0.5, 0.6) is 5.75 Å². The molecule has 7 heteroatoms. The first-order valence-corrected chi connectivity index (χ1v) is 12.3. The van der Waals surface area contributed by atoms with Crippen molar-refractivity contribution in [2.24, 2.45) is 11.8 Å². The third-order valence-corrected chi connectivity index (χ3v) is 7.22. The van der Waals surface area contributed by atoms with E-state index in [1.54, 1.807) is 4.90 Å². The maximum atomic E-state index is 13.6. The number of hydrogen-bond donors (Lipinski definition) is 2. The Morgan fingerprint density at radius 1 is 1.12 bits per heavy atom. The Bertz CT molecular complexity index is 943. The van der Waals surface area contributed by atoms with Crippen LogP contribution >= 0.6 is 22.6 Å². The highest BCUT2D eigenvalue weighted by atomic mass is 127. The molecule has 32 heavy (non-hydrogen) atoms. The third-order valence-electron chi connectivity index (χ3n) is 6.50. The van der Waals surface area contributed by atoms with Gasteiger partial charge in [-0.25, -0.2) is 0 Å². The van der Waals surface area contributed by atoms with Gasteiger partial charge in [-0.2, -0.15) is 0 Å². The fourth-order valence-corrected chi connectivity index (χ4v) is 5.06. The van der Waals surface area contributed by atoms with E-state index in [-0.39, 0.29) is 25.0 Å². The summed E-state index contributed by atoms with van der Waals surface area (Å²) in [7, 11) is 0. The van der Waals surface area contributed by atoms with Crippen LogP contribution < -0.4 is 15.0 Å². The van der Waals surface area contributed by atoms with Gasteiger partial charge < -0.3 is 20.1 Å². The van der Waals surface area contributed by atoms with E-state index in [4.69, 9.17) is 4.74 Å². The van der Waals surface area contributed by atoms with Crippen molar-refractivity contribution < 1.29 is 19.4 Å². The van der Waals surface area contributed by atoms with Crippen LogP contribution in [0.1, 0.15) is 37.7 Å². The zero-order valence-electron chi connectivity index (χ0n) is 18.0. The van der Waals surface area contributed by atoms with Crippen molar-refractivity contribution in [1.82, 2.24) is 5.32 Å². The van der Waals surface area contributed by atoms with Crippen LogP contribution in [0.15, 0.2) is 48.5 Å². The SMILES string of the molecule is O=C(O)[C@@H](CN[C@H]1COc2ccccc2N(Cc2ccc(I)cc2)C1=O)C1CCCCC1. The van der Waals surface area contributed by atoms with Crippen LogP contribution in [0.2, 0.25) is 0 Å². The molecule has 6 nitrogen and oxygen atoms in total. The molecule has 2 aromatic carbocycles. The van der Waals surface area contributed by atoms with Gasteiger partial charge >= 0.3 is 5.97 Å². The number of hydrogen-bond acceptors (Lipinski definition) is 4. The second kappa shape index (κ2) is 10.7. The molecule has 2 N–H and O–H groups in total. The lowest BCUT2D eigenvalue weighted by Crippen LogP contribution is -2.50. The van der Waals surface area contributed by atoms with Crippen LogP contribution in [0.4, 0.5) is 5.69 Å². The summed E-state index contributed by atoms with van der Waals surface area (Å²) in [6.07, 6.45) is 5.23. The van der Waals surface area contributed by atoms with E-state index in [0.717, 1.165) is 40.5 Å². The average molecular weight is 548 g/mol. The summed E-state index contributed by atoms with van der Waals surface area (Å²) in [4.78, 5) is 27.3. The van der Waals surface area contributed by atoms with E-state index in [0.29, 0.717) is 12.3 Å². The van der Waals surface area contributed by atoms with E-state index in [9.17, 15) is 14.7 Å². The van der Waals surface area contributed by atoms with E-state index >= 15 is 0 Å². The number of para-hydroxylation sites is 2. The number of benzene rings is 2. The second-order valence-corrected chi connectivity index (χ2v) is 9.88. The predicted octanol–water partition coefficient (Wildman–Crippen LogP) is 4.46. The summed E-state index contributed by atoms with van der Waals surface area (Å²) >= 11 is 2.26. The quantitative estimate of drug-likeness (QED) is 0.500. The summed E-state index contributed by atoms with van der Waals surface area (Å²) in [6, 6.07) is 15.0. The summed E-state index contributed by atoms with van der Waals surface area (Å²) in [5, 5.41) is 13.1. The molecule has 0 spiro atoms. The van der Waals surface area contributed by atoms with Gasteiger partial charge in [0.05, 0.1) is 18.2 Å². The molecule has 1 fully saturated rings. The Balaban J connectivity index is 1.52. The number of carbonyl (C=O) groups excluding carboxylic acids is 1. The average Bonchev–Trinajstić information content (AvgIpc) is 2.93. The summed E-state index contributed by atoms with van der Waals surface area (Å²) in [5.41, 5.74) is 1.77. The zero-order chi connectivity index (χ0) is 22.5. The molecule has 0 unspecified atom stereocenters. The molecule has 1 aliphatic carbocycles. The molecule has 1 heterocycles. The lowest BCUT2D eigenvalue weighted by atomic mass is 9.80. The summed E-state index contributed by atoms with van der Waals surface area (Å²) in [5.74, 6) is -0.543. The molecule has 1 aliphatic heterocycles. The van der Waals surface area contributed by atoms with Gasteiger partial charge in [-0.05, 0) is 71.2 Å². The van der Waals surface area contributed by atoms with Gasteiger partial charge in [0.1, 0.15) is 18.4 Å². The fourth-order valence-electron chi connectivity index (χ4n) is 4.70. The van der Waals surface area contributed by atoms with E-state index in [1.807, 2.05) is 48.5 Å². The Hall–Kier alpha value is -2.13. The van der Waals surface area contributed by atoms with Crippen molar-refractivity contribution >= 4 is 40.2 Å². The van der Waals surface area contributed by atoms with Crippen LogP contribution in [0.3, 0.4) is 0 Å². The molecular formula is C25H29IN2O4. The minimum atomic E-state index is -0.787. The van der Waals surface area contributed by atoms with Crippen LogP contribution in [0.25, 0.3) is 0 Å². The van der Waals surface area contributed by atoms with Crippen molar-refractivity contribution in [3.05, 3.63) is 57.7 Å². The van der Waals surface area contributed by atoms with Gasteiger partial charge in [0, 0.05) is 10.1 Å². The highest BCUT2D eigenvalue weighted by Crippen LogP contribution is 2.33. The van der Waals surface area contributed by atoms with Crippen molar-refractivity contribution in [3.63, 3.8) is 0 Å². The van der Waals surface area contributed by atoms with Crippen molar-refractivity contribution in [2.45, 2.75) is 44.7 Å². The highest BCUT2D eigenvalue weighted by molar-refractivity contribution is 14.1. The molecule has 4 rings (SSSR count). The molecule has 170 valence electrons. The fraction of sp³-hybridized carbons (Fsp3) is 0.440. The summed E-state index contributed by atoms with van der Waals surface area (Å²) in [6.45, 7) is 0.878. The Morgan fingerprint density at radius 2 is 1.84 bits per heavy atom. The lowest BCUT2D eigenvalue weighted by molar-refractivity contribution is -0.144. The molecule has 0 aromatic heterocycles. The Kier molecular flexibility index (Phi) is 7.67. The first-order chi connectivity index (χ1) is 15.5. The number of fused-ring (bicyclic) bond motifs is 1. The largest absolute Gasteiger partial charge is 0.489 e. The minimum absolute atomic E-state index is 0.0960. The van der Waals surface area contributed by atoms with Gasteiger partial charge in [0.25, 0.3) is 0 Å². The standard InChI is InChI=1S/C25H29IN2O4/c26-19-12-10-17(11-13-19)15-28-22-8-4-5-9-23(22)32-16-21(24(28)29)27-14-20(25(30)31)18-6-2-1-3-7-18/h4-5,8-13,18,20-21,27H,1-3,6-7,14-16H2,(H,30,31)/t20-,21-/m0/s1. The number of ether oxygens (including phenoxy) is 1. The number of rotatable bonds is 7. The Labute approximate surface area is 202 Å². The number of nitrogens with one attached hydrogen (secondary N) is 1. The first kappa shape index (κ1) is 23.0. The highest BCUT2D eigenvalue weighted by Gasteiger charge is 2.34. The molecule has 0 saturated heterocycles.